The molecule has 0 aliphatic carbocycles. The fraction of sp³-hybridized carbons (Fsp3) is 0.192. The maximum Gasteiger partial charge on any atom is 0.254 e. The van der Waals surface area contributed by atoms with Gasteiger partial charge in [0.05, 0.1) is 24.4 Å². The molecule has 1 saturated heterocycles. The van der Waals surface area contributed by atoms with Crippen LogP contribution in [0, 0.1) is 0 Å². The van der Waals surface area contributed by atoms with Gasteiger partial charge in [0.1, 0.15) is 6.10 Å². The van der Waals surface area contributed by atoms with E-state index in [1.807, 2.05) is 65.7 Å². The molecule has 1 fully saturated rings. The number of halogens is 1. The van der Waals surface area contributed by atoms with Crippen molar-refractivity contribution in [2.24, 2.45) is 0 Å². The second-order valence-corrected chi connectivity index (χ2v) is 8.36. The van der Waals surface area contributed by atoms with Crippen LogP contribution in [0.2, 0.25) is 5.02 Å². The highest BCUT2D eigenvalue weighted by Crippen LogP contribution is 2.24. The summed E-state index contributed by atoms with van der Waals surface area (Å²) < 4.78 is 5.94. The van der Waals surface area contributed by atoms with E-state index in [2.05, 4.69) is 22.1 Å². The Labute approximate surface area is 191 Å². The Hall–Kier alpha value is -3.28. The van der Waals surface area contributed by atoms with Gasteiger partial charge < -0.3 is 9.64 Å². The lowest BCUT2D eigenvalue weighted by Gasteiger charge is -2.32. The molecule has 0 radical (unpaired) electrons. The van der Waals surface area contributed by atoms with Crippen molar-refractivity contribution in [2.75, 3.05) is 19.7 Å². The van der Waals surface area contributed by atoms with E-state index >= 15 is 0 Å². The predicted octanol–water partition coefficient (Wildman–Crippen LogP) is 5.09. The molecule has 5 rings (SSSR count). The molecule has 1 aliphatic heterocycles. The zero-order valence-corrected chi connectivity index (χ0v) is 18.2. The molecule has 0 N–H and O–H groups in total. The molecule has 5 nitrogen and oxygen atoms in total. The van der Waals surface area contributed by atoms with Crippen LogP contribution in [-0.4, -0.2) is 40.5 Å². The van der Waals surface area contributed by atoms with Crippen LogP contribution < -0.4 is 0 Å². The summed E-state index contributed by atoms with van der Waals surface area (Å²) in [5, 5.41) is 1.69. The van der Waals surface area contributed by atoms with E-state index in [1.54, 1.807) is 6.20 Å². The molecule has 160 valence electrons. The van der Waals surface area contributed by atoms with Gasteiger partial charge >= 0.3 is 0 Å². The first kappa shape index (κ1) is 20.6. The van der Waals surface area contributed by atoms with Crippen LogP contribution in [-0.2, 0) is 11.2 Å². The number of carbonyl (C=O) groups excluding carboxylic acids is 1. The van der Waals surface area contributed by atoms with Gasteiger partial charge in [0.2, 0.25) is 0 Å². The first-order valence-electron chi connectivity index (χ1n) is 10.6. The van der Waals surface area contributed by atoms with Crippen molar-refractivity contribution >= 4 is 28.4 Å². The van der Waals surface area contributed by atoms with Crippen molar-refractivity contribution in [3.05, 3.63) is 107 Å². The first-order valence-corrected chi connectivity index (χ1v) is 11.0. The van der Waals surface area contributed by atoms with Gasteiger partial charge in [-0.2, -0.15) is 0 Å². The van der Waals surface area contributed by atoms with E-state index in [-0.39, 0.29) is 12.0 Å². The number of hydrogen-bond acceptors (Lipinski definition) is 4. The number of pyridine rings is 2. The van der Waals surface area contributed by atoms with Crippen LogP contribution in [0.15, 0.2) is 79.1 Å². The molecule has 0 unspecified atom stereocenters. The normalized spacial score (nSPS) is 16.3. The molecular weight excluding hydrogens is 422 g/mol. The highest BCUT2D eigenvalue weighted by atomic mass is 35.5. The zero-order chi connectivity index (χ0) is 21.9. The fourth-order valence-corrected chi connectivity index (χ4v) is 4.23. The molecule has 1 aliphatic rings. The van der Waals surface area contributed by atoms with Gasteiger partial charge in [-0.15, -0.1) is 0 Å². The maximum atomic E-state index is 13.1. The SMILES string of the molecule is O=C(c1ccc2ncccc2c1)N1CCO[C@H](c2ccc(Cc3cccc(Cl)c3)cn2)C1. The van der Waals surface area contributed by atoms with Crippen molar-refractivity contribution < 1.29 is 9.53 Å². The summed E-state index contributed by atoms with van der Waals surface area (Å²) in [5.41, 5.74) is 4.62. The Morgan fingerprint density at radius 2 is 1.97 bits per heavy atom. The second kappa shape index (κ2) is 9.07. The quantitative estimate of drug-likeness (QED) is 0.441. The molecule has 6 heteroatoms. The molecule has 0 spiro atoms. The van der Waals surface area contributed by atoms with E-state index in [9.17, 15) is 4.79 Å². The fourth-order valence-electron chi connectivity index (χ4n) is 4.02. The van der Waals surface area contributed by atoms with Gasteiger partial charge in [0, 0.05) is 34.9 Å². The molecule has 3 heterocycles. The Morgan fingerprint density at radius 1 is 1.03 bits per heavy atom. The lowest BCUT2D eigenvalue weighted by molar-refractivity contribution is -0.0247. The molecule has 0 bridgehead atoms. The summed E-state index contributed by atoms with van der Waals surface area (Å²) in [7, 11) is 0. The van der Waals surface area contributed by atoms with Crippen LogP contribution in [0.4, 0.5) is 0 Å². The predicted molar refractivity (Wildman–Crippen MR) is 125 cm³/mol. The lowest BCUT2D eigenvalue weighted by Crippen LogP contribution is -2.42. The first-order chi connectivity index (χ1) is 15.7. The molecule has 4 aromatic rings. The van der Waals surface area contributed by atoms with Gasteiger partial charge in [-0.3, -0.25) is 14.8 Å². The Kier molecular flexibility index (Phi) is 5.84. The molecule has 1 atom stereocenters. The lowest BCUT2D eigenvalue weighted by atomic mass is 10.1. The third kappa shape index (κ3) is 4.49. The van der Waals surface area contributed by atoms with Gasteiger partial charge in [0.15, 0.2) is 0 Å². The average Bonchev–Trinajstić information content (AvgIpc) is 2.84. The standard InChI is InChI=1S/C26H22ClN3O2/c27-22-5-1-3-18(14-22)13-19-6-8-24(29-16-19)25-17-30(11-12-32-25)26(31)21-7-9-23-20(15-21)4-2-10-28-23/h1-10,14-16,25H,11-13,17H2/t25-/m0/s1. The molecule has 2 aromatic carbocycles. The molecule has 2 aromatic heterocycles. The van der Waals surface area contributed by atoms with Crippen molar-refractivity contribution in [1.29, 1.82) is 0 Å². The number of ether oxygens (including phenoxy) is 1. The number of hydrogen-bond donors (Lipinski definition) is 0. The minimum Gasteiger partial charge on any atom is -0.368 e. The van der Waals surface area contributed by atoms with Crippen LogP contribution in [0.25, 0.3) is 10.9 Å². The topological polar surface area (TPSA) is 55.3 Å². The van der Waals surface area contributed by atoms with Crippen LogP contribution in [0.1, 0.15) is 33.3 Å². The Morgan fingerprint density at radius 3 is 2.81 bits per heavy atom. The summed E-state index contributed by atoms with van der Waals surface area (Å²) in [5.74, 6) is 0.00151. The monoisotopic (exact) mass is 443 g/mol. The summed E-state index contributed by atoms with van der Waals surface area (Å²) in [6.07, 6.45) is 4.15. The van der Waals surface area contributed by atoms with E-state index in [4.69, 9.17) is 16.3 Å². The summed E-state index contributed by atoms with van der Waals surface area (Å²) in [6, 6.07) is 21.4. The van der Waals surface area contributed by atoms with Gasteiger partial charge in [0.25, 0.3) is 5.91 Å². The third-order valence-electron chi connectivity index (χ3n) is 5.68. The number of fused-ring (bicyclic) bond motifs is 1. The van der Waals surface area contributed by atoms with Crippen molar-refractivity contribution in [3.63, 3.8) is 0 Å². The van der Waals surface area contributed by atoms with Crippen molar-refractivity contribution in [3.8, 4) is 0 Å². The number of aromatic nitrogens is 2. The summed E-state index contributed by atoms with van der Waals surface area (Å²) in [6.45, 7) is 1.52. The van der Waals surface area contributed by atoms with Gasteiger partial charge in [-0.1, -0.05) is 35.9 Å². The van der Waals surface area contributed by atoms with Crippen molar-refractivity contribution in [2.45, 2.75) is 12.5 Å². The number of amides is 1. The van der Waals surface area contributed by atoms with Crippen LogP contribution in [0.5, 0.6) is 0 Å². The van der Waals surface area contributed by atoms with E-state index in [1.165, 1.54) is 0 Å². The summed E-state index contributed by atoms with van der Waals surface area (Å²) in [4.78, 5) is 23.9. The smallest absolute Gasteiger partial charge is 0.254 e. The second-order valence-electron chi connectivity index (χ2n) is 7.92. The van der Waals surface area contributed by atoms with Crippen LogP contribution in [0.3, 0.4) is 0 Å². The Balaban J connectivity index is 1.28. The third-order valence-corrected chi connectivity index (χ3v) is 5.91. The number of morpholine rings is 1. The minimum atomic E-state index is -0.241. The average molecular weight is 444 g/mol. The number of benzene rings is 2. The van der Waals surface area contributed by atoms with E-state index in [0.29, 0.717) is 25.3 Å². The zero-order valence-electron chi connectivity index (χ0n) is 17.4. The van der Waals surface area contributed by atoms with Crippen molar-refractivity contribution in [1.82, 2.24) is 14.9 Å². The molecule has 0 saturated carbocycles. The Bertz CT molecular complexity index is 1260. The molecular formula is C26H22ClN3O2. The van der Waals surface area contributed by atoms with E-state index < -0.39 is 0 Å². The highest BCUT2D eigenvalue weighted by Gasteiger charge is 2.27. The largest absolute Gasteiger partial charge is 0.368 e. The minimum absolute atomic E-state index is 0.00151. The van der Waals surface area contributed by atoms with Crippen LogP contribution >= 0.6 is 11.6 Å². The number of carbonyl (C=O) groups is 1. The highest BCUT2D eigenvalue weighted by molar-refractivity contribution is 6.30. The summed E-state index contributed by atoms with van der Waals surface area (Å²) >= 11 is 6.08. The van der Waals surface area contributed by atoms with Gasteiger partial charge in [-0.05, 0) is 60.0 Å². The van der Waals surface area contributed by atoms with E-state index in [0.717, 1.165) is 39.2 Å². The maximum absolute atomic E-state index is 13.1. The number of rotatable bonds is 4. The number of nitrogens with zero attached hydrogens (tertiary/aromatic N) is 3. The molecule has 32 heavy (non-hydrogen) atoms. The van der Waals surface area contributed by atoms with Gasteiger partial charge in [-0.25, -0.2) is 0 Å². The molecule has 1 amide bonds.